The van der Waals surface area contributed by atoms with E-state index in [1.54, 1.807) is 7.11 Å². The van der Waals surface area contributed by atoms with E-state index in [1.165, 1.54) is 5.01 Å². The van der Waals surface area contributed by atoms with Crippen LogP contribution in [0, 0.1) is 0 Å². The summed E-state index contributed by atoms with van der Waals surface area (Å²) in [6.45, 7) is 0.437. The van der Waals surface area contributed by atoms with Crippen molar-refractivity contribution >= 4 is 23.4 Å². The molecule has 1 heterocycles. The molecule has 35 heavy (non-hydrogen) atoms. The molecule has 0 atom stereocenters. The zero-order valence-corrected chi connectivity index (χ0v) is 19.3. The van der Waals surface area contributed by atoms with E-state index in [0.29, 0.717) is 29.4 Å². The summed E-state index contributed by atoms with van der Waals surface area (Å²) in [7, 11) is 1.61. The van der Waals surface area contributed by atoms with E-state index >= 15 is 0 Å². The van der Waals surface area contributed by atoms with E-state index in [4.69, 9.17) is 9.47 Å². The molecule has 0 unspecified atom stereocenters. The number of rotatable bonds is 7. The van der Waals surface area contributed by atoms with Crippen molar-refractivity contribution in [2.45, 2.75) is 6.61 Å². The Hall–Kier alpha value is -4.64. The molecule has 1 aliphatic rings. The van der Waals surface area contributed by atoms with E-state index in [2.05, 4.69) is 5.10 Å². The van der Waals surface area contributed by atoms with Crippen molar-refractivity contribution in [2.75, 3.05) is 12.1 Å². The average Bonchev–Trinajstić information content (AvgIpc) is 3.25. The zero-order valence-electron chi connectivity index (χ0n) is 19.3. The molecule has 4 aromatic carbocycles. The molecule has 0 bridgehead atoms. The van der Waals surface area contributed by atoms with Crippen LogP contribution in [0.25, 0.3) is 6.08 Å². The number of carbonyl (C=O) groups is 1. The van der Waals surface area contributed by atoms with E-state index < -0.39 is 0 Å². The highest BCUT2D eigenvalue weighted by Gasteiger charge is 2.32. The molecule has 0 aliphatic carbocycles. The van der Waals surface area contributed by atoms with Crippen LogP contribution >= 0.6 is 0 Å². The van der Waals surface area contributed by atoms with Gasteiger partial charge in [-0.15, -0.1) is 0 Å². The summed E-state index contributed by atoms with van der Waals surface area (Å²) in [5.74, 6) is 1.05. The quantitative estimate of drug-likeness (QED) is 0.313. The van der Waals surface area contributed by atoms with Gasteiger partial charge in [0.2, 0.25) is 0 Å². The van der Waals surface area contributed by atoms with Gasteiger partial charge in [0.25, 0.3) is 5.91 Å². The molecule has 0 saturated heterocycles. The number of hydrogen-bond donors (Lipinski definition) is 0. The molecule has 172 valence electrons. The van der Waals surface area contributed by atoms with Crippen LogP contribution in [0.15, 0.2) is 120 Å². The van der Waals surface area contributed by atoms with Gasteiger partial charge in [-0.1, -0.05) is 84.9 Å². The van der Waals surface area contributed by atoms with Crippen LogP contribution in [0.3, 0.4) is 0 Å². The van der Waals surface area contributed by atoms with Gasteiger partial charge in [-0.05, 0) is 41.5 Å². The van der Waals surface area contributed by atoms with E-state index in [-0.39, 0.29) is 5.91 Å². The number of methoxy groups -OCH3 is 1. The Bertz CT molecular complexity index is 1380. The van der Waals surface area contributed by atoms with Crippen LogP contribution < -0.4 is 14.5 Å². The van der Waals surface area contributed by atoms with Gasteiger partial charge in [-0.3, -0.25) is 4.79 Å². The van der Waals surface area contributed by atoms with Gasteiger partial charge in [-0.25, -0.2) is 0 Å². The third kappa shape index (κ3) is 4.84. The third-order valence-electron chi connectivity index (χ3n) is 5.66. The van der Waals surface area contributed by atoms with Gasteiger partial charge < -0.3 is 9.47 Å². The molecule has 4 aromatic rings. The number of nitrogens with zero attached hydrogens (tertiary/aromatic N) is 2. The molecule has 5 heteroatoms. The first kappa shape index (κ1) is 22.2. The summed E-state index contributed by atoms with van der Waals surface area (Å²) < 4.78 is 11.6. The van der Waals surface area contributed by atoms with E-state index in [1.807, 2.05) is 115 Å². The molecular weight excluding hydrogens is 436 g/mol. The first-order valence-electron chi connectivity index (χ1n) is 11.3. The van der Waals surface area contributed by atoms with Gasteiger partial charge in [0, 0.05) is 5.56 Å². The molecule has 1 aliphatic heterocycles. The van der Waals surface area contributed by atoms with Crippen molar-refractivity contribution in [1.29, 1.82) is 0 Å². The number of amides is 1. The number of benzene rings is 4. The summed E-state index contributed by atoms with van der Waals surface area (Å²) in [6, 6.07) is 34.8. The fourth-order valence-corrected chi connectivity index (χ4v) is 3.89. The second-order valence-electron chi connectivity index (χ2n) is 8.01. The van der Waals surface area contributed by atoms with Gasteiger partial charge in [0.05, 0.1) is 18.4 Å². The largest absolute Gasteiger partial charge is 0.493 e. The molecule has 0 saturated carbocycles. The summed E-state index contributed by atoms with van der Waals surface area (Å²) in [5.41, 5.74) is 4.62. The lowest BCUT2D eigenvalue weighted by Gasteiger charge is -2.12. The summed E-state index contributed by atoms with van der Waals surface area (Å²) in [4.78, 5) is 13.5. The second-order valence-corrected chi connectivity index (χ2v) is 8.01. The predicted octanol–water partition coefficient (Wildman–Crippen LogP) is 6.11. The smallest absolute Gasteiger partial charge is 0.281 e. The third-order valence-corrected chi connectivity index (χ3v) is 5.66. The van der Waals surface area contributed by atoms with Crippen LogP contribution in [-0.4, -0.2) is 18.7 Å². The maximum absolute atomic E-state index is 13.5. The zero-order chi connectivity index (χ0) is 24.0. The fourth-order valence-electron chi connectivity index (χ4n) is 3.89. The number of para-hydroxylation sites is 1. The highest BCUT2D eigenvalue weighted by Crippen LogP contribution is 2.32. The summed E-state index contributed by atoms with van der Waals surface area (Å²) in [5, 5.41) is 6.13. The van der Waals surface area contributed by atoms with Crippen LogP contribution in [-0.2, 0) is 11.4 Å². The lowest BCUT2D eigenvalue weighted by atomic mass is 10.00. The van der Waals surface area contributed by atoms with Crippen molar-refractivity contribution in [3.63, 3.8) is 0 Å². The minimum Gasteiger partial charge on any atom is -0.493 e. The Labute approximate surface area is 204 Å². The van der Waals surface area contributed by atoms with Crippen molar-refractivity contribution in [2.24, 2.45) is 5.10 Å². The Kier molecular flexibility index (Phi) is 6.39. The number of ether oxygens (including phenoxy) is 2. The molecule has 5 rings (SSSR count). The fraction of sp³-hybridized carbons (Fsp3) is 0.0667. The lowest BCUT2D eigenvalue weighted by molar-refractivity contribution is -0.114. The lowest BCUT2D eigenvalue weighted by Crippen LogP contribution is -2.21. The first-order valence-corrected chi connectivity index (χ1v) is 11.3. The van der Waals surface area contributed by atoms with Crippen molar-refractivity contribution in [1.82, 2.24) is 0 Å². The highest BCUT2D eigenvalue weighted by molar-refractivity contribution is 6.37. The monoisotopic (exact) mass is 460 g/mol. The number of carbonyl (C=O) groups excluding carboxylic acids is 1. The summed E-state index contributed by atoms with van der Waals surface area (Å²) >= 11 is 0. The molecule has 0 radical (unpaired) electrons. The molecule has 1 amide bonds. The van der Waals surface area contributed by atoms with E-state index in [0.717, 1.165) is 22.4 Å². The van der Waals surface area contributed by atoms with Crippen LogP contribution in [0.5, 0.6) is 11.5 Å². The molecule has 0 aromatic heterocycles. The topological polar surface area (TPSA) is 51.1 Å². The molecule has 0 fully saturated rings. The number of anilines is 1. The van der Waals surface area contributed by atoms with Crippen molar-refractivity contribution in [3.05, 3.63) is 131 Å². The number of hydrazone groups is 1. The predicted molar refractivity (Wildman–Crippen MR) is 139 cm³/mol. The standard InChI is InChI=1S/C30H24N2O3/c1-34-28-20-23(17-18-27(28)35-21-22-11-5-2-6-12-22)19-26-29(24-13-7-3-8-14-24)31-32(30(26)33)25-15-9-4-10-16-25/h2-20H,21H2,1H3/b26-19-. The highest BCUT2D eigenvalue weighted by atomic mass is 16.5. The Morgan fingerprint density at radius 2 is 1.46 bits per heavy atom. The Balaban J connectivity index is 1.48. The minimum atomic E-state index is -0.182. The Morgan fingerprint density at radius 3 is 2.14 bits per heavy atom. The molecule has 0 N–H and O–H groups in total. The molecule has 5 nitrogen and oxygen atoms in total. The average molecular weight is 461 g/mol. The van der Waals surface area contributed by atoms with Crippen molar-refractivity contribution < 1.29 is 14.3 Å². The maximum Gasteiger partial charge on any atom is 0.281 e. The van der Waals surface area contributed by atoms with Gasteiger partial charge in [0.15, 0.2) is 11.5 Å². The van der Waals surface area contributed by atoms with Crippen LogP contribution in [0.4, 0.5) is 5.69 Å². The summed E-state index contributed by atoms with van der Waals surface area (Å²) in [6.07, 6.45) is 1.85. The maximum atomic E-state index is 13.5. The van der Waals surface area contributed by atoms with Crippen molar-refractivity contribution in [3.8, 4) is 11.5 Å². The van der Waals surface area contributed by atoms with Crippen LogP contribution in [0.2, 0.25) is 0 Å². The number of hydrogen-bond acceptors (Lipinski definition) is 4. The molecular formula is C30H24N2O3. The van der Waals surface area contributed by atoms with Crippen LogP contribution in [0.1, 0.15) is 16.7 Å². The second kappa shape index (κ2) is 10.1. The normalized spacial score (nSPS) is 14.2. The molecule has 0 spiro atoms. The van der Waals surface area contributed by atoms with Gasteiger partial charge in [0.1, 0.15) is 12.3 Å². The minimum absolute atomic E-state index is 0.182. The van der Waals surface area contributed by atoms with Gasteiger partial charge >= 0.3 is 0 Å². The Morgan fingerprint density at radius 1 is 0.800 bits per heavy atom. The van der Waals surface area contributed by atoms with E-state index in [9.17, 15) is 4.79 Å². The SMILES string of the molecule is COc1cc(/C=C2\C(=O)N(c3ccccc3)N=C2c2ccccc2)ccc1OCc1ccccc1. The first-order chi connectivity index (χ1) is 17.2. The van der Waals surface area contributed by atoms with Gasteiger partial charge in [-0.2, -0.15) is 10.1 Å².